The van der Waals surface area contributed by atoms with Crippen molar-refractivity contribution in [3.05, 3.63) is 18.2 Å². The van der Waals surface area contributed by atoms with Crippen molar-refractivity contribution in [2.75, 3.05) is 6.61 Å². The normalized spacial score (nSPS) is 12.6. The van der Waals surface area contributed by atoms with Crippen LogP contribution in [0.2, 0.25) is 0 Å². The molecule has 0 amide bonds. The van der Waals surface area contributed by atoms with Crippen molar-refractivity contribution in [1.29, 1.82) is 0 Å². The van der Waals surface area contributed by atoms with Gasteiger partial charge in [-0.1, -0.05) is 0 Å². The minimum atomic E-state index is -0.818. The van der Waals surface area contributed by atoms with Gasteiger partial charge in [-0.25, -0.2) is 0 Å². The molecule has 2 rings (SSSR count). The topological polar surface area (TPSA) is 64.4 Å². The zero-order valence-corrected chi connectivity index (χ0v) is 11.9. The summed E-state index contributed by atoms with van der Waals surface area (Å²) in [5.41, 5.74) is 0.968. The number of ether oxygens (including phenoxy) is 1. The van der Waals surface area contributed by atoms with Crippen molar-refractivity contribution in [2.45, 2.75) is 24.0 Å². The lowest BCUT2D eigenvalue weighted by Gasteiger charge is -2.06. The Morgan fingerprint density at radius 1 is 1.58 bits per heavy atom. The number of rotatable bonds is 5. The van der Waals surface area contributed by atoms with Gasteiger partial charge in [0.05, 0.1) is 17.5 Å². The van der Waals surface area contributed by atoms with Crippen LogP contribution in [-0.2, 0) is 11.8 Å². The highest BCUT2D eigenvalue weighted by molar-refractivity contribution is 8.00. The number of aliphatic carboxylic acids is 1. The highest BCUT2D eigenvalue weighted by atomic mass is 32.2. The average molecular weight is 280 g/mol. The van der Waals surface area contributed by atoms with Crippen molar-refractivity contribution in [2.24, 2.45) is 7.05 Å². The highest BCUT2D eigenvalue weighted by Crippen LogP contribution is 2.31. The quantitative estimate of drug-likeness (QED) is 0.853. The predicted molar refractivity (Wildman–Crippen MR) is 74.8 cm³/mol. The van der Waals surface area contributed by atoms with E-state index in [1.807, 2.05) is 32.2 Å². The summed E-state index contributed by atoms with van der Waals surface area (Å²) in [7, 11) is 1.86. The largest absolute Gasteiger partial charge is 0.480 e. The smallest absolute Gasteiger partial charge is 0.316 e. The molecular formula is C13H16N2O3S. The maximum absolute atomic E-state index is 10.9. The Kier molecular flexibility index (Phi) is 3.99. The van der Waals surface area contributed by atoms with Crippen LogP contribution in [0.5, 0.6) is 5.88 Å². The van der Waals surface area contributed by atoms with Crippen LogP contribution in [0, 0.1) is 0 Å². The van der Waals surface area contributed by atoms with E-state index in [4.69, 9.17) is 9.84 Å². The maximum atomic E-state index is 10.9. The zero-order chi connectivity index (χ0) is 14.0. The second kappa shape index (κ2) is 5.52. The lowest BCUT2D eigenvalue weighted by Crippen LogP contribution is -2.10. The summed E-state index contributed by atoms with van der Waals surface area (Å²) in [6.45, 7) is 4.13. The second-order valence-electron chi connectivity index (χ2n) is 4.14. The molecular weight excluding hydrogens is 264 g/mol. The fourth-order valence-electron chi connectivity index (χ4n) is 1.78. The molecule has 6 heteroatoms. The van der Waals surface area contributed by atoms with Gasteiger partial charge >= 0.3 is 5.97 Å². The van der Waals surface area contributed by atoms with Gasteiger partial charge < -0.3 is 9.84 Å². The van der Waals surface area contributed by atoms with Crippen LogP contribution in [0.1, 0.15) is 13.8 Å². The molecule has 1 aromatic heterocycles. The van der Waals surface area contributed by atoms with Crippen molar-refractivity contribution < 1.29 is 14.6 Å². The molecule has 0 saturated carbocycles. The first kappa shape index (κ1) is 13.7. The first-order valence-corrected chi connectivity index (χ1v) is 6.90. The molecule has 1 aromatic carbocycles. The molecule has 0 aliphatic heterocycles. The number of nitrogens with zero attached hydrogens (tertiary/aromatic N) is 2. The number of benzene rings is 1. The van der Waals surface area contributed by atoms with Crippen LogP contribution in [0.3, 0.4) is 0 Å². The Bertz CT molecular complexity index is 609. The number of carbonyl (C=O) groups is 1. The Balaban J connectivity index is 2.38. The average Bonchev–Trinajstić information content (AvgIpc) is 2.66. The fraction of sp³-hybridized carbons (Fsp3) is 0.385. The number of carboxylic acids is 1. The van der Waals surface area contributed by atoms with E-state index in [-0.39, 0.29) is 0 Å². The van der Waals surface area contributed by atoms with Crippen LogP contribution in [-0.4, -0.2) is 32.7 Å². The standard InChI is InChI=1S/C13H16N2O3S/c1-4-18-12-10-7-9(19-8(2)13(16)17)5-6-11(10)15(3)14-12/h5-8H,4H2,1-3H3,(H,16,17)/t8-/m0/s1. The maximum Gasteiger partial charge on any atom is 0.316 e. The number of fused-ring (bicyclic) bond motifs is 1. The van der Waals surface area contributed by atoms with E-state index in [2.05, 4.69) is 5.10 Å². The van der Waals surface area contributed by atoms with Crippen LogP contribution in [0.25, 0.3) is 10.9 Å². The van der Waals surface area contributed by atoms with Crippen molar-refractivity contribution in [1.82, 2.24) is 9.78 Å². The molecule has 0 aliphatic carbocycles. The van der Waals surface area contributed by atoms with Crippen molar-refractivity contribution in [3.63, 3.8) is 0 Å². The summed E-state index contributed by atoms with van der Waals surface area (Å²) in [6.07, 6.45) is 0. The van der Waals surface area contributed by atoms with Crippen LogP contribution in [0.4, 0.5) is 0 Å². The van der Waals surface area contributed by atoms with Gasteiger partial charge in [-0.3, -0.25) is 9.48 Å². The number of aryl methyl sites for hydroxylation is 1. The molecule has 0 saturated heterocycles. The lowest BCUT2D eigenvalue weighted by molar-refractivity contribution is -0.136. The van der Waals surface area contributed by atoms with Crippen molar-refractivity contribution >= 4 is 28.6 Å². The van der Waals surface area contributed by atoms with Crippen molar-refractivity contribution in [3.8, 4) is 5.88 Å². The zero-order valence-electron chi connectivity index (χ0n) is 11.1. The molecule has 1 atom stereocenters. The molecule has 0 spiro atoms. The van der Waals surface area contributed by atoms with E-state index in [9.17, 15) is 4.79 Å². The molecule has 2 aromatic rings. The first-order valence-electron chi connectivity index (χ1n) is 6.02. The van der Waals surface area contributed by atoms with Gasteiger partial charge in [-0.15, -0.1) is 16.9 Å². The molecule has 0 unspecified atom stereocenters. The molecule has 5 nitrogen and oxygen atoms in total. The monoisotopic (exact) mass is 280 g/mol. The summed E-state index contributed by atoms with van der Waals surface area (Å²) >= 11 is 1.31. The van der Waals surface area contributed by atoms with Gasteiger partial charge in [0.15, 0.2) is 0 Å². The number of carboxylic acid groups (broad SMARTS) is 1. The van der Waals surface area contributed by atoms with Gasteiger partial charge in [0.25, 0.3) is 0 Å². The van der Waals surface area contributed by atoms with E-state index >= 15 is 0 Å². The predicted octanol–water partition coefficient (Wildman–Crippen LogP) is 2.54. The molecule has 1 N–H and O–H groups in total. The van der Waals surface area contributed by atoms with E-state index in [1.165, 1.54) is 11.8 Å². The van der Waals surface area contributed by atoms with E-state index in [0.29, 0.717) is 12.5 Å². The van der Waals surface area contributed by atoms with Gasteiger partial charge in [0.2, 0.25) is 5.88 Å². The molecule has 19 heavy (non-hydrogen) atoms. The van der Waals surface area contributed by atoms with Crippen LogP contribution >= 0.6 is 11.8 Å². The van der Waals surface area contributed by atoms with Gasteiger partial charge in [-0.05, 0) is 32.0 Å². The summed E-state index contributed by atoms with van der Waals surface area (Å²) in [5, 5.41) is 13.7. The van der Waals surface area contributed by atoms with E-state index in [0.717, 1.165) is 15.8 Å². The third-order valence-corrected chi connectivity index (χ3v) is 3.81. The number of aromatic nitrogens is 2. The second-order valence-corrected chi connectivity index (χ2v) is 5.55. The summed E-state index contributed by atoms with van der Waals surface area (Å²) < 4.78 is 7.25. The SMILES string of the molecule is CCOc1nn(C)c2ccc(S[C@@H](C)C(=O)O)cc12. The van der Waals surface area contributed by atoms with Gasteiger partial charge in [0, 0.05) is 11.9 Å². The number of thioether (sulfide) groups is 1. The third kappa shape index (κ3) is 2.84. The Morgan fingerprint density at radius 3 is 2.95 bits per heavy atom. The summed E-state index contributed by atoms with van der Waals surface area (Å²) in [5.74, 6) is -0.230. The first-order chi connectivity index (χ1) is 9.02. The van der Waals surface area contributed by atoms with E-state index < -0.39 is 11.2 Å². The van der Waals surface area contributed by atoms with E-state index in [1.54, 1.807) is 11.6 Å². The Labute approximate surface area is 115 Å². The minimum Gasteiger partial charge on any atom is -0.480 e. The lowest BCUT2D eigenvalue weighted by atomic mass is 10.2. The highest BCUT2D eigenvalue weighted by Gasteiger charge is 2.15. The van der Waals surface area contributed by atoms with Gasteiger partial charge in [0.1, 0.15) is 5.25 Å². The number of hydrogen-bond donors (Lipinski definition) is 1. The van der Waals surface area contributed by atoms with Crippen LogP contribution < -0.4 is 4.74 Å². The molecule has 0 fully saturated rings. The molecule has 0 aliphatic rings. The Hall–Kier alpha value is -1.69. The minimum absolute atomic E-state index is 0.482. The molecule has 1 heterocycles. The molecule has 102 valence electrons. The number of hydrogen-bond acceptors (Lipinski definition) is 4. The Morgan fingerprint density at radius 2 is 2.32 bits per heavy atom. The summed E-state index contributed by atoms with van der Waals surface area (Å²) in [6, 6.07) is 5.77. The molecule has 0 radical (unpaired) electrons. The third-order valence-electron chi connectivity index (χ3n) is 2.73. The molecule has 0 bridgehead atoms. The summed E-state index contributed by atoms with van der Waals surface area (Å²) in [4.78, 5) is 11.8. The van der Waals surface area contributed by atoms with Gasteiger partial charge in [-0.2, -0.15) is 0 Å². The van der Waals surface area contributed by atoms with Crippen LogP contribution in [0.15, 0.2) is 23.1 Å². The fourth-order valence-corrected chi connectivity index (χ4v) is 2.63.